The molecular formula is C19H30N4O4S. The molecular weight excluding hydrogens is 380 g/mol. The Morgan fingerprint density at radius 3 is 2.32 bits per heavy atom. The maximum atomic E-state index is 12.9. The summed E-state index contributed by atoms with van der Waals surface area (Å²) in [5.74, 6) is -0.397. The maximum absolute atomic E-state index is 12.9. The molecule has 1 N–H and O–H groups in total. The molecule has 0 radical (unpaired) electrons. The van der Waals surface area contributed by atoms with Gasteiger partial charge < -0.3 is 10.2 Å². The van der Waals surface area contributed by atoms with Crippen LogP contribution in [0.5, 0.6) is 0 Å². The molecule has 2 rings (SSSR count). The van der Waals surface area contributed by atoms with E-state index in [4.69, 9.17) is 0 Å². The van der Waals surface area contributed by atoms with Crippen molar-refractivity contribution >= 4 is 27.5 Å². The maximum Gasteiger partial charge on any atom is 0.243 e. The predicted molar refractivity (Wildman–Crippen MR) is 109 cm³/mol. The van der Waals surface area contributed by atoms with Crippen LogP contribution < -0.4 is 5.32 Å². The van der Waals surface area contributed by atoms with E-state index in [9.17, 15) is 18.0 Å². The first kappa shape index (κ1) is 22.3. The van der Waals surface area contributed by atoms with E-state index >= 15 is 0 Å². The van der Waals surface area contributed by atoms with Gasteiger partial charge in [-0.3, -0.25) is 14.5 Å². The Bertz CT molecular complexity index is 817. The minimum atomic E-state index is -3.56. The van der Waals surface area contributed by atoms with Crippen LogP contribution in [0.1, 0.15) is 24.8 Å². The first-order valence-electron chi connectivity index (χ1n) is 9.40. The zero-order valence-corrected chi connectivity index (χ0v) is 17.9. The highest BCUT2D eigenvalue weighted by Crippen LogP contribution is 2.25. The first-order chi connectivity index (χ1) is 13.1. The van der Waals surface area contributed by atoms with Crippen molar-refractivity contribution in [1.29, 1.82) is 0 Å². The van der Waals surface area contributed by atoms with Crippen molar-refractivity contribution in [3.05, 3.63) is 23.8 Å². The summed E-state index contributed by atoms with van der Waals surface area (Å²) < 4.78 is 27.2. The molecule has 8 nitrogen and oxygen atoms in total. The van der Waals surface area contributed by atoms with Crippen LogP contribution in [0.25, 0.3) is 0 Å². The van der Waals surface area contributed by atoms with Crippen LogP contribution in [0.4, 0.5) is 5.69 Å². The van der Waals surface area contributed by atoms with Gasteiger partial charge in [0.15, 0.2) is 0 Å². The molecule has 1 saturated heterocycles. The number of nitrogens with zero attached hydrogens (tertiary/aromatic N) is 3. The molecule has 28 heavy (non-hydrogen) atoms. The van der Waals surface area contributed by atoms with E-state index in [0.717, 1.165) is 24.8 Å². The highest BCUT2D eigenvalue weighted by atomic mass is 32.2. The summed E-state index contributed by atoms with van der Waals surface area (Å²) >= 11 is 0. The van der Waals surface area contributed by atoms with Crippen molar-refractivity contribution < 1.29 is 18.0 Å². The number of carbonyl (C=O) groups excluding carboxylic acids is 2. The summed E-state index contributed by atoms with van der Waals surface area (Å²) in [6.45, 7) is 3.03. The van der Waals surface area contributed by atoms with E-state index in [-0.39, 0.29) is 29.8 Å². The molecule has 1 heterocycles. The normalized spacial score (nSPS) is 15.5. The van der Waals surface area contributed by atoms with Crippen LogP contribution in [0.15, 0.2) is 23.1 Å². The molecule has 0 aliphatic carbocycles. The van der Waals surface area contributed by atoms with Crippen LogP contribution in [-0.4, -0.2) is 81.7 Å². The van der Waals surface area contributed by atoms with Crippen molar-refractivity contribution in [3.8, 4) is 0 Å². The number of anilines is 1. The number of amides is 2. The van der Waals surface area contributed by atoms with Crippen molar-refractivity contribution in [2.75, 3.05) is 52.6 Å². The third-order valence-corrected chi connectivity index (χ3v) is 6.65. The van der Waals surface area contributed by atoms with E-state index in [1.807, 2.05) is 6.92 Å². The summed E-state index contributed by atoms with van der Waals surface area (Å²) in [5, 5.41) is 2.77. The smallest absolute Gasteiger partial charge is 0.243 e. The van der Waals surface area contributed by atoms with Gasteiger partial charge in [-0.15, -0.1) is 0 Å². The molecule has 2 amide bonds. The van der Waals surface area contributed by atoms with Gasteiger partial charge in [0, 0.05) is 32.9 Å². The Hall–Kier alpha value is -1.97. The Balaban J connectivity index is 2.08. The lowest BCUT2D eigenvalue weighted by Crippen LogP contribution is -2.38. The van der Waals surface area contributed by atoms with Crippen molar-refractivity contribution in [2.24, 2.45) is 0 Å². The molecule has 0 aromatic heterocycles. The molecule has 1 aromatic carbocycles. The first-order valence-corrected chi connectivity index (χ1v) is 10.8. The SMILES string of the molecule is Cc1ccc(S(=O)(=O)N2CCCCC2)cc1NC(=O)CN(C)CC(=O)N(C)C. The van der Waals surface area contributed by atoms with E-state index in [1.54, 1.807) is 38.2 Å². The average Bonchev–Trinajstić information content (AvgIpc) is 2.63. The van der Waals surface area contributed by atoms with Gasteiger partial charge in [-0.25, -0.2) is 8.42 Å². The summed E-state index contributed by atoms with van der Waals surface area (Å²) in [6, 6.07) is 4.80. The summed E-state index contributed by atoms with van der Waals surface area (Å²) in [7, 11) is 1.44. The summed E-state index contributed by atoms with van der Waals surface area (Å²) in [5.41, 5.74) is 1.24. The Labute approximate surface area is 167 Å². The third-order valence-electron chi connectivity index (χ3n) is 4.75. The van der Waals surface area contributed by atoms with Gasteiger partial charge in [0.1, 0.15) is 0 Å². The van der Waals surface area contributed by atoms with Crippen molar-refractivity contribution in [2.45, 2.75) is 31.1 Å². The highest BCUT2D eigenvalue weighted by molar-refractivity contribution is 7.89. The number of hydrogen-bond acceptors (Lipinski definition) is 5. The number of piperidine rings is 1. The molecule has 1 aromatic rings. The highest BCUT2D eigenvalue weighted by Gasteiger charge is 2.26. The molecule has 0 spiro atoms. The fourth-order valence-corrected chi connectivity index (χ4v) is 4.56. The van der Waals surface area contributed by atoms with Gasteiger partial charge in [0.25, 0.3) is 0 Å². The number of rotatable bonds is 7. The van der Waals surface area contributed by atoms with Crippen molar-refractivity contribution in [1.82, 2.24) is 14.1 Å². The van der Waals surface area contributed by atoms with E-state index in [1.165, 1.54) is 15.3 Å². The molecule has 0 bridgehead atoms. The fourth-order valence-electron chi connectivity index (χ4n) is 3.01. The largest absolute Gasteiger partial charge is 0.348 e. The minimum absolute atomic E-state index is 0.0299. The van der Waals surface area contributed by atoms with Crippen LogP contribution in [0.2, 0.25) is 0 Å². The van der Waals surface area contributed by atoms with E-state index in [2.05, 4.69) is 5.32 Å². The molecule has 1 aliphatic heterocycles. The third kappa shape index (κ3) is 5.76. The van der Waals surface area contributed by atoms with Crippen LogP contribution in [0.3, 0.4) is 0 Å². The molecule has 0 atom stereocenters. The van der Waals surface area contributed by atoms with E-state index < -0.39 is 10.0 Å². The second-order valence-electron chi connectivity index (χ2n) is 7.45. The number of aryl methyl sites for hydroxylation is 1. The van der Waals surface area contributed by atoms with Gasteiger partial charge >= 0.3 is 0 Å². The Morgan fingerprint density at radius 2 is 1.71 bits per heavy atom. The number of likely N-dealkylation sites (N-methyl/N-ethyl adjacent to an activating group) is 2. The number of hydrogen-bond donors (Lipinski definition) is 1. The number of nitrogens with one attached hydrogen (secondary N) is 1. The second kappa shape index (κ2) is 9.49. The van der Waals surface area contributed by atoms with Gasteiger partial charge in [-0.05, 0) is 44.5 Å². The predicted octanol–water partition coefficient (Wildman–Crippen LogP) is 1.13. The van der Waals surface area contributed by atoms with Gasteiger partial charge in [0.2, 0.25) is 21.8 Å². The Kier molecular flexibility index (Phi) is 7.56. The molecule has 1 aliphatic rings. The number of sulfonamides is 1. The quantitative estimate of drug-likeness (QED) is 0.728. The molecule has 0 saturated carbocycles. The monoisotopic (exact) mass is 410 g/mol. The molecule has 1 fully saturated rings. The number of benzene rings is 1. The lowest BCUT2D eigenvalue weighted by Gasteiger charge is -2.26. The lowest BCUT2D eigenvalue weighted by atomic mass is 10.2. The molecule has 9 heteroatoms. The average molecular weight is 411 g/mol. The zero-order chi connectivity index (χ0) is 20.9. The van der Waals surface area contributed by atoms with Crippen LogP contribution in [0, 0.1) is 6.92 Å². The lowest BCUT2D eigenvalue weighted by molar-refractivity contribution is -0.130. The standard InChI is InChI=1S/C19H30N4O4S/c1-15-8-9-16(28(26,27)23-10-6-5-7-11-23)12-17(15)20-18(24)13-22(4)14-19(25)21(2)3/h8-9,12H,5-7,10-11,13-14H2,1-4H3,(H,20,24). The van der Waals surface area contributed by atoms with Gasteiger partial charge in [-0.1, -0.05) is 12.5 Å². The number of carbonyl (C=O) groups is 2. The zero-order valence-electron chi connectivity index (χ0n) is 17.1. The van der Waals surface area contributed by atoms with E-state index in [0.29, 0.717) is 18.8 Å². The summed E-state index contributed by atoms with van der Waals surface area (Å²) in [4.78, 5) is 27.3. The van der Waals surface area contributed by atoms with Crippen molar-refractivity contribution in [3.63, 3.8) is 0 Å². The molecule has 0 unspecified atom stereocenters. The summed E-state index contributed by atoms with van der Waals surface area (Å²) in [6.07, 6.45) is 2.78. The Morgan fingerprint density at radius 1 is 1.07 bits per heavy atom. The fraction of sp³-hybridized carbons (Fsp3) is 0.579. The topological polar surface area (TPSA) is 90.0 Å². The van der Waals surface area contributed by atoms with Gasteiger partial charge in [-0.2, -0.15) is 4.31 Å². The van der Waals surface area contributed by atoms with Crippen LogP contribution >= 0.6 is 0 Å². The molecule has 156 valence electrons. The second-order valence-corrected chi connectivity index (χ2v) is 9.39. The van der Waals surface area contributed by atoms with Gasteiger partial charge in [0.05, 0.1) is 18.0 Å². The van der Waals surface area contributed by atoms with Crippen LogP contribution in [-0.2, 0) is 19.6 Å². The minimum Gasteiger partial charge on any atom is -0.348 e.